The maximum absolute atomic E-state index is 13.2. The Morgan fingerprint density at radius 1 is 0.361 bits per heavy atom. The van der Waals surface area contributed by atoms with E-state index in [0.29, 0.717) is 45.1 Å². The average molecular weight is 1010 g/mol. The van der Waals surface area contributed by atoms with Gasteiger partial charge in [0, 0.05) is 26.2 Å². The summed E-state index contributed by atoms with van der Waals surface area (Å²) >= 11 is 0. The first-order valence-electron chi connectivity index (χ1n) is 31.0. The molecule has 0 saturated heterocycles. The minimum atomic E-state index is -0.133. The molecule has 0 spiro atoms. The van der Waals surface area contributed by atoms with Crippen LogP contribution in [0.5, 0.6) is 0 Å². The average Bonchev–Trinajstić information content (AvgIpc) is 3.37. The fourth-order valence-electron chi connectivity index (χ4n) is 8.96. The third-order valence-corrected chi connectivity index (χ3v) is 13.8. The van der Waals surface area contributed by atoms with E-state index in [1.54, 1.807) is 0 Å². The highest BCUT2D eigenvalue weighted by molar-refractivity contribution is 5.70. The van der Waals surface area contributed by atoms with E-state index in [1.165, 1.54) is 199 Å². The zero-order valence-electron chi connectivity index (χ0n) is 48.6. The molecule has 0 rings (SSSR count). The fraction of sp³-hybridized carbons (Fsp3) is 0.788. The van der Waals surface area contributed by atoms with Gasteiger partial charge in [-0.3, -0.25) is 9.59 Å². The van der Waals surface area contributed by atoms with E-state index in [4.69, 9.17) is 9.47 Å². The summed E-state index contributed by atoms with van der Waals surface area (Å²) in [6, 6.07) is 0. The van der Waals surface area contributed by atoms with Gasteiger partial charge >= 0.3 is 11.9 Å². The number of likely N-dealkylation sites (N-methyl/N-ethyl adjacent to an activating group) is 1. The van der Waals surface area contributed by atoms with Gasteiger partial charge in [0.2, 0.25) is 0 Å². The molecule has 0 aromatic rings. The van der Waals surface area contributed by atoms with Crippen LogP contribution in [0.4, 0.5) is 0 Å². The highest BCUT2D eigenvalue weighted by Gasteiger charge is 2.16. The topological polar surface area (TPSA) is 59.1 Å². The number of unbranched alkanes of at least 4 members (excludes halogenated alkanes) is 27. The van der Waals surface area contributed by atoms with E-state index in [1.807, 2.05) is 0 Å². The first kappa shape index (κ1) is 69.3. The third kappa shape index (κ3) is 56.6. The van der Waals surface area contributed by atoms with Crippen LogP contribution in [0.25, 0.3) is 0 Å². The lowest BCUT2D eigenvalue weighted by atomic mass is 9.94. The molecule has 6 heteroatoms. The van der Waals surface area contributed by atoms with E-state index in [9.17, 15) is 9.59 Å². The minimum Gasteiger partial charge on any atom is -0.466 e. The lowest BCUT2D eigenvalue weighted by Gasteiger charge is -2.23. The second kappa shape index (κ2) is 59.2. The zero-order chi connectivity index (χ0) is 52.3. The van der Waals surface area contributed by atoms with Crippen LogP contribution >= 0.6 is 0 Å². The van der Waals surface area contributed by atoms with Crippen LogP contribution in [-0.4, -0.2) is 75.2 Å². The molecule has 0 unspecified atom stereocenters. The normalized spacial score (nSPS) is 12.4. The highest BCUT2D eigenvalue weighted by Crippen LogP contribution is 2.21. The van der Waals surface area contributed by atoms with Gasteiger partial charge in [-0.15, -0.1) is 0 Å². The van der Waals surface area contributed by atoms with Crippen LogP contribution in [0, 0.1) is 5.92 Å². The van der Waals surface area contributed by atoms with Gasteiger partial charge in [0.1, 0.15) is 0 Å². The summed E-state index contributed by atoms with van der Waals surface area (Å²) in [5, 5.41) is 0. The van der Waals surface area contributed by atoms with Gasteiger partial charge in [0.25, 0.3) is 0 Å². The Bertz CT molecular complexity index is 1270. The van der Waals surface area contributed by atoms with E-state index in [0.717, 1.165) is 58.0 Å². The van der Waals surface area contributed by atoms with Crippen molar-refractivity contribution in [3.63, 3.8) is 0 Å². The Kier molecular flexibility index (Phi) is 57.0. The predicted octanol–water partition coefficient (Wildman–Crippen LogP) is 19.6. The molecule has 0 aromatic heterocycles. The van der Waals surface area contributed by atoms with Gasteiger partial charge in [-0.1, -0.05) is 222 Å². The first-order chi connectivity index (χ1) is 35.4. The molecule has 0 aliphatic heterocycles. The van der Waals surface area contributed by atoms with Crippen LogP contribution in [0.3, 0.4) is 0 Å². The van der Waals surface area contributed by atoms with Crippen LogP contribution in [-0.2, 0) is 19.1 Å². The molecule has 0 aliphatic rings. The van der Waals surface area contributed by atoms with Gasteiger partial charge in [-0.25, -0.2) is 0 Å². The van der Waals surface area contributed by atoms with Crippen LogP contribution in [0.15, 0.2) is 72.9 Å². The molecule has 0 amide bonds. The molecule has 0 atom stereocenters. The molecule has 418 valence electrons. The molecular formula is C66H120N2O4. The minimum absolute atomic E-state index is 0.107. The van der Waals surface area contributed by atoms with E-state index in [2.05, 4.69) is 118 Å². The molecule has 0 fully saturated rings. The van der Waals surface area contributed by atoms with Crippen molar-refractivity contribution in [1.82, 2.24) is 9.80 Å². The molecule has 0 radical (unpaired) electrons. The molecule has 0 bridgehead atoms. The number of ether oxygens (including phenoxy) is 2. The summed E-state index contributed by atoms with van der Waals surface area (Å²) in [6.07, 6.45) is 75.7. The molecule has 0 N–H and O–H groups in total. The van der Waals surface area contributed by atoms with Crippen LogP contribution in [0.2, 0.25) is 0 Å². The van der Waals surface area contributed by atoms with Crippen LogP contribution in [0.1, 0.15) is 278 Å². The number of hydrogen-bond acceptors (Lipinski definition) is 6. The summed E-state index contributed by atoms with van der Waals surface area (Å²) in [5.74, 6) is 0.199. The Labute approximate surface area is 448 Å². The fourth-order valence-corrected chi connectivity index (χ4v) is 8.96. The third-order valence-electron chi connectivity index (χ3n) is 13.8. The maximum atomic E-state index is 13.2. The maximum Gasteiger partial charge on any atom is 0.307 e. The van der Waals surface area contributed by atoms with E-state index in [-0.39, 0.29) is 11.9 Å². The van der Waals surface area contributed by atoms with E-state index < -0.39 is 0 Å². The number of esters is 2. The second-order valence-corrected chi connectivity index (χ2v) is 21.2. The number of rotatable bonds is 56. The predicted molar refractivity (Wildman–Crippen MR) is 317 cm³/mol. The SMILES string of the molecule is CCCCC/C=C\C/C=C\CCCCCCCCOC(=O)CCN(CCC(=O)OCC(CCCCCCCC/C=C\C/C=C\CCCCC)CCCCCCCC/C=C\C/C=C\CCCCC)CCN(C)C. The van der Waals surface area contributed by atoms with Crippen molar-refractivity contribution in [3.05, 3.63) is 72.9 Å². The zero-order valence-corrected chi connectivity index (χ0v) is 48.6. The van der Waals surface area contributed by atoms with Gasteiger partial charge in [0.05, 0.1) is 26.1 Å². The number of nitrogens with zero attached hydrogens (tertiary/aromatic N) is 2. The molecular weight excluding hydrogens is 885 g/mol. The van der Waals surface area contributed by atoms with Gasteiger partial charge in [-0.2, -0.15) is 0 Å². The Balaban J connectivity index is 4.63. The standard InChI is InChI=1S/C66H120N2O4/c1-6-9-12-15-18-21-24-27-30-33-36-39-42-45-48-51-54-64(55-52-49-46-43-40-37-34-31-28-25-22-19-16-13-10-7-2)63-72-66(70)57-59-68(61-60-67(4)5)58-56-65(69)71-62-53-50-47-44-41-38-35-32-29-26-23-20-17-14-11-8-3/h18-23,27-32,64H,6-17,24-26,33-63H2,1-5H3/b21-18-,22-19-,23-20-,30-27-,31-28-,32-29-. The van der Waals surface area contributed by atoms with Crippen LogP contribution < -0.4 is 0 Å². The molecule has 0 saturated carbocycles. The molecule has 0 heterocycles. The van der Waals surface area contributed by atoms with Crippen molar-refractivity contribution >= 4 is 11.9 Å². The summed E-state index contributed by atoms with van der Waals surface area (Å²) < 4.78 is 11.6. The van der Waals surface area contributed by atoms with Crippen molar-refractivity contribution in [2.24, 2.45) is 5.92 Å². The van der Waals surface area contributed by atoms with Crippen molar-refractivity contribution in [3.8, 4) is 0 Å². The number of allylic oxidation sites excluding steroid dienone is 12. The first-order valence-corrected chi connectivity index (χ1v) is 31.0. The Hall–Kier alpha value is -2.70. The van der Waals surface area contributed by atoms with Gasteiger partial charge < -0.3 is 19.3 Å². The number of carbonyl (C=O) groups excluding carboxylic acids is 2. The monoisotopic (exact) mass is 1000 g/mol. The lowest BCUT2D eigenvalue weighted by molar-refractivity contribution is -0.145. The van der Waals surface area contributed by atoms with Crippen molar-refractivity contribution in [1.29, 1.82) is 0 Å². The van der Waals surface area contributed by atoms with Crippen molar-refractivity contribution in [2.75, 3.05) is 53.5 Å². The smallest absolute Gasteiger partial charge is 0.307 e. The number of carbonyl (C=O) groups is 2. The van der Waals surface area contributed by atoms with Crippen molar-refractivity contribution in [2.45, 2.75) is 278 Å². The lowest BCUT2D eigenvalue weighted by Crippen LogP contribution is -2.35. The summed E-state index contributed by atoms with van der Waals surface area (Å²) in [4.78, 5) is 30.3. The largest absolute Gasteiger partial charge is 0.466 e. The van der Waals surface area contributed by atoms with Gasteiger partial charge in [-0.05, 0) is 136 Å². The molecule has 72 heavy (non-hydrogen) atoms. The molecule has 6 nitrogen and oxygen atoms in total. The Morgan fingerprint density at radius 2 is 0.681 bits per heavy atom. The van der Waals surface area contributed by atoms with E-state index >= 15 is 0 Å². The summed E-state index contributed by atoms with van der Waals surface area (Å²) in [6.45, 7) is 10.7. The number of hydrogen-bond donors (Lipinski definition) is 0. The molecule has 0 aromatic carbocycles. The van der Waals surface area contributed by atoms with Gasteiger partial charge in [0.15, 0.2) is 0 Å². The quantitative estimate of drug-likeness (QED) is 0.0344. The summed E-state index contributed by atoms with van der Waals surface area (Å²) in [7, 11) is 4.13. The second-order valence-electron chi connectivity index (χ2n) is 21.2. The summed E-state index contributed by atoms with van der Waals surface area (Å²) in [5.41, 5.74) is 0. The van der Waals surface area contributed by atoms with Crippen molar-refractivity contribution < 1.29 is 19.1 Å². The highest BCUT2D eigenvalue weighted by atomic mass is 16.5. The molecule has 0 aliphatic carbocycles. The Morgan fingerprint density at radius 3 is 1.04 bits per heavy atom.